The van der Waals surface area contributed by atoms with E-state index in [-0.39, 0.29) is 27.9 Å². The summed E-state index contributed by atoms with van der Waals surface area (Å²) in [6.45, 7) is 11.7. The number of aromatic nitrogens is 2. The van der Waals surface area contributed by atoms with Gasteiger partial charge < -0.3 is 40.5 Å². The summed E-state index contributed by atoms with van der Waals surface area (Å²) in [5, 5.41) is 16.6. The number of nitrogens with two attached hydrogens (primary N) is 1. The third-order valence-electron chi connectivity index (χ3n) is 11.0. The first-order chi connectivity index (χ1) is 25.4. The maximum absolute atomic E-state index is 16.8. The fourth-order valence-electron chi connectivity index (χ4n) is 8.23. The second-order valence-corrected chi connectivity index (χ2v) is 15.3. The standard InChI is InChI=1S/C40H54ClFN8O2/c1-47(14-6-7-17-49-20-18-48(19-21-49)16-5-4-13-43)15-8-22-52-40-45-38-34(39(46-40)50-26-29-11-12-30(27-50)44-29)25-35(41)36(37(38)42)33-24-31(51)23-28-9-2-3-10-32(28)33/h2-3,9-10,23-25,29-30,44,51H,4-8,11-22,26-27,43H2,1H3. The van der Waals surface area contributed by atoms with Gasteiger partial charge in [0.15, 0.2) is 5.82 Å². The van der Waals surface area contributed by atoms with Gasteiger partial charge in [-0.05, 0) is 113 Å². The number of unbranched alkanes of at least 4 members (excludes halogenated alkanes) is 2. The summed E-state index contributed by atoms with van der Waals surface area (Å²) in [6, 6.07) is 13.5. The summed E-state index contributed by atoms with van der Waals surface area (Å²) >= 11 is 6.91. The number of nitrogens with one attached hydrogen (secondary N) is 1. The van der Waals surface area contributed by atoms with Crippen molar-refractivity contribution >= 4 is 39.1 Å². The van der Waals surface area contributed by atoms with Crippen LogP contribution in [0.1, 0.15) is 44.9 Å². The van der Waals surface area contributed by atoms with Gasteiger partial charge in [0.1, 0.15) is 17.1 Å². The van der Waals surface area contributed by atoms with E-state index < -0.39 is 5.82 Å². The lowest BCUT2D eigenvalue weighted by Crippen LogP contribution is -2.51. The number of nitrogens with zero attached hydrogens (tertiary/aromatic N) is 6. The van der Waals surface area contributed by atoms with Crippen molar-refractivity contribution < 1.29 is 14.2 Å². The van der Waals surface area contributed by atoms with Crippen LogP contribution in [0.15, 0.2) is 42.5 Å². The highest BCUT2D eigenvalue weighted by atomic mass is 35.5. The molecular formula is C40H54ClFN8O2. The lowest BCUT2D eigenvalue weighted by atomic mass is 9.96. The van der Waals surface area contributed by atoms with Crippen molar-refractivity contribution in [1.82, 2.24) is 30.0 Å². The molecule has 10 nitrogen and oxygen atoms in total. The van der Waals surface area contributed by atoms with Crippen LogP contribution in [0.3, 0.4) is 0 Å². The molecule has 2 bridgehead atoms. The molecule has 0 radical (unpaired) electrons. The highest BCUT2D eigenvalue weighted by molar-refractivity contribution is 6.35. The van der Waals surface area contributed by atoms with E-state index >= 15 is 4.39 Å². The van der Waals surface area contributed by atoms with Gasteiger partial charge in [-0.25, -0.2) is 4.39 Å². The minimum absolute atomic E-state index is 0.0429. The maximum atomic E-state index is 16.8. The minimum atomic E-state index is -0.547. The molecule has 4 heterocycles. The fourth-order valence-corrected chi connectivity index (χ4v) is 8.52. The van der Waals surface area contributed by atoms with Gasteiger partial charge in [0.25, 0.3) is 0 Å². The van der Waals surface area contributed by atoms with Gasteiger partial charge >= 0.3 is 6.01 Å². The van der Waals surface area contributed by atoms with Crippen molar-refractivity contribution in [3.8, 4) is 22.9 Å². The molecule has 4 N–H and O–H groups in total. The van der Waals surface area contributed by atoms with Gasteiger partial charge in [-0.3, -0.25) is 0 Å². The highest BCUT2D eigenvalue weighted by Gasteiger charge is 2.34. The molecule has 0 saturated carbocycles. The molecule has 1 aromatic heterocycles. The number of fused-ring (bicyclic) bond motifs is 4. The molecule has 7 rings (SSSR count). The minimum Gasteiger partial charge on any atom is -0.508 e. The molecule has 0 amide bonds. The SMILES string of the molecule is CN(CCCCN1CCN(CCCCN)CC1)CCCOc1nc(N2CC3CCC(C2)N3)c2cc(Cl)c(-c3cc(O)cc4ccccc34)c(F)c2n1. The molecule has 12 heteroatoms. The molecule has 3 aliphatic rings. The van der Waals surface area contributed by atoms with Crippen LogP contribution in [-0.4, -0.2) is 128 Å². The van der Waals surface area contributed by atoms with Crippen molar-refractivity contribution in [3.05, 3.63) is 53.3 Å². The van der Waals surface area contributed by atoms with Crippen molar-refractivity contribution in [2.75, 3.05) is 90.5 Å². The largest absolute Gasteiger partial charge is 0.508 e. The lowest BCUT2D eigenvalue weighted by Gasteiger charge is -2.34. The van der Waals surface area contributed by atoms with Crippen molar-refractivity contribution in [2.45, 2.75) is 57.0 Å². The Kier molecular flexibility index (Phi) is 12.3. The summed E-state index contributed by atoms with van der Waals surface area (Å²) in [4.78, 5) is 19.3. The van der Waals surface area contributed by atoms with Crippen LogP contribution in [-0.2, 0) is 0 Å². The van der Waals surface area contributed by atoms with Crippen molar-refractivity contribution in [2.24, 2.45) is 5.73 Å². The number of aromatic hydroxyl groups is 1. The number of rotatable bonds is 16. The van der Waals surface area contributed by atoms with Gasteiger partial charge in [0, 0.05) is 68.8 Å². The second kappa shape index (κ2) is 17.2. The summed E-state index contributed by atoms with van der Waals surface area (Å²) < 4.78 is 23.0. The van der Waals surface area contributed by atoms with E-state index in [2.05, 4.69) is 36.9 Å². The molecule has 3 fully saturated rings. The number of piperazine rings is 2. The molecule has 280 valence electrons. The predicted molar refractivity (Wildman–Crippen MR) is 209 cm³/mol. The number of benzene rings is 3. The first-order valence-corrected chi connectivity index (χ1v) is 19.6. The van der Waals surface area contributed by atoms with E-state index in [9.17, 15) is 5.11 Å². The van der Waals surface area contributed by atoms with Crippen LogP contribution >= 0.6 is 11.6 Å². The molecule has 3 aliphatic heterocycles. The van der Waals surface area contributed by atoms with Crippen LogP contribution < -0.4 is 20.7 Å². The average Bonchev–Trinajstić information content (AvgIpc) is 3.49. The summed E-state index contributed by atoms with van der Waals surface area (Å²) in [5.41, 5.74) is 6.54. The van der Waals surface area contributed by atoms with Crippen LogP contribution in [0.25, 0.3) is 32.8 Å². The molecule has 2 atom stereocenters. The van der Waals surface area contributed by atoms with E-state index in [1.54, 1.807) is 18.2 Å². The Bertz CT molecular complexity index is 1810. The molecule has 3 aromatic carbocycles. The molecule has 0 spiro atoms. The zero-order valence-corrected chi connectivity index (χ0v) is 31.3. The van der Waals surface area contributed by atoms with Crippen LogP contribution in [0.2, 0.25) is 5.02 Å². The van der Waals surface area contributed by atoms with E-state index in [4.69, 9.17) is 27.1 Å². The van der Waals surface area contributed by atoms with Crippen LogP contribution in [0, 0.1) is 5.82 Å². The van der Waals surface area contributed by atoms with E-state index in [1.807, 2.05) is 24.3 Å². The first kappa shape index (κ1) is 37.0. The van der Waals surface area contributed by atoms with Crippen LogP contribution in [0.5, 0.6) is 11.8 Å². The normalized spacial score (nSPS) is 19.8. The Hall–Kier alpha value is -3.32. The quantitative estimate of drug-likeness (QED) is 0.124. The summed E-state index contributed by atoms with van der Waals surface area (Å²) in [5.74, 6) is 0.145. The number of phenols is 1. The molecular weight excluding hydrogens is 679 g/mol. The average molecular weight is 733 g/mol. The Labute approximate surface area is 312 Å². The third-order valence-corrected chi connectivity index (χ3v) is 11.3. The Balaban J connectivity index is 0.999. The summed E-state index contributed by atoms with van der Waals surface area (Å²) in [7, 11) is 2.16. The topological polar surface area (TPSA) is 106 Å². The highest BCUT2D eigenvalue weighted by Crippen LogP contribution is 2.43. The van der Waals surface area contributed by atoms with Crippen LogP contribution in [0.4, 0.5) is 10.2 Å². The molecule has 2 unspecified atom stereocenters. The number of hydrogen-bond donors (Lipinski definition) is 3. The van der Waals surface area contributed by atoms with Gasteiger partial charge in [-0.15, -0.1) is 0 Å². The Morgan fingerprint density at radius 1 is 0.923 bits per heavy atom. The van der Waals surface area contributed by atoms with Gasteiger partial charge in [-0.1, -0.05) is 35.9 Å². The van der Waals surface area contributed by atoms with Crippen molar-refractivity contribution in [1.29, 1.82) is 0 Å². The number of ether oxygens (including phenoxy) is 1. The van der Waals surface area contributed by atoms with Gasteiger partial charge in [0.05, 0.1) is 11.6 Å². The van der Waals surface area contributed by atoms with Gasteiger partial charge in [-0.2, -0.15) is 9.97 Å². The summed E-state index contributed by atoms with van der Waals surface area (Å²) in [6.07, 6.45) is 7.71. The number of anilines is 1. The monoisotopic (exact) mass is 732 g/mol. The zero-order valence-electron chi connectivity index (χ0n) is 30.5. The molecule has 4 aromatic rings. The number of halogens is 2. The Morgan fingerprint density at radius 2 is 1.62 bits per heavy atom. The third kappa shape index (κ3) is 8.72. The molecule has 0 aliphatic carbocycles. The second-order valence-electron chi connectivity index (χ2n) is 14.9. The fraction of sp³-hybridized carbons (Fsp3) is 0.550. The first-order valence-electron chi connectivity index (χ1n) is 19.2. The van der Waals surface area contributed by atoms with Gasteiger partial charge in [0.2, 0.25) is 0 Å². The number of hydrogen-bond acceptors (Lipinski definition) is 10. The van der Waals surface area contributed by atoms with Crippen molar-refractivity contribution in [3.63, 3.8) is 0 Å². The van der Waals surface area contributed by atoms with E-state index in [1.165, 1.54) is 32.5 Å². The molecule has 3 saturated heterocycles. The lowest BCUT2D eigenvalue weighted by molar-refractivity contribution is 0.128. The molecule has 52 heavy (non-hydrogen) atoms. The zero-order chi connectivity index (χ0) is 36.0. The smallest absolute Gasteiger partial charge is 0.319 e. The Morgan fingerprint density at radius 3 is 2.35 bits per heavy atom. The van der Waals surface area contributed by atoms with E-state index in [0.717, 1.165) is 95.2 Å². The predicted octanol–water partition coefficient (Wildman–Crippen LogP) is 5.73. The van der Waals surface area contributed by atoms with E-state index in [0.29, 0.717) is 35.5 Å². The maximum Gasteiger partial charge on any atom is 0.319 e. The number of phenolic OH excluding ortho intramolecular Hbond substituents is 1.